The molecule has 0 spiro atoms. The van der Waals surface area contributed by atoms with Crippen LogP contribution in [-0.2, 0) is 5.60 Å². The molecule has 0 bridgehead atoms. The van der Waals surface area contributed by atoms with E-state index in [0.29, 0.717) is 22.3 Å². The van der Waals surface area contributed by atoms with Crippen LogP contribution in [0.1, 0.15) is 5.56 Å². The van der Waals surface area contributed by atoms with Gasteiger partial charge in [-0.05, 0) is 54.1 Å². The van der Waals surface area contributed by atoms with Crippen molar-refractivity contribution in [3.63, 3.8) is 0 Å². The van der Waals surface area contributed by atoms with Crippen molar-refractivity contribution in [3.05, 3.63) is 90.4 Å². The van der Waals surface area contributed by atoms with Crippen molar-refractivity contribution in [2.75, 3.05) is 18.5 Å². The molecule has 4 nitrogen and oxygen atoms in total. The first-order chi connectivity index (χ1) is 14.7. The van der Waals surface area contributed by atoms with Crippen LogP contribution in [0.3, 0.4) is 0 Å². The number of benzene rings is 3. The van der Waals surface area contributed by atoms with Crippen LogP contribution >= 0.6 is 0 Å². The zero-order valence-corrected chi connectivity index (χ0v) is 16.5. The number of likely N-dealkylation sites (N-methyl/N-ethyl adjacent to an activating group) is 1. The summed E-state index contributed by atoms with van der Waals surface area (Å²) in [6, 6.07) is 18.2. The van der Waals surface area contributed by atoms with E-state index >= 15 is 0 Å². The number of fused-ring (bicyclic) bond motifs is 1. The van der Waals surface area contributed by atoms with Gasteiger partial charge in [-0.3, -0.25) is 0 Å². The van der Waals surface area contributed by atoms with Crippen molar-refractivity contribution >= 4 is 16.6 Å². The summed E-state index contributed by atoms with van der Waals surface area (Å²) in [6.45, 7) is -0.682. The molecule has 0 saturated heterocycles. The van der Waals surface area contributed by atoms with E-state index in [9.17, 15) is 22.7 Å². The molecule has 1 atom stereocenters. The fraction of sp³-hybridized carbons (Fsp3) is 0.174. The Morgan fingerprint density at radius 2 is 1.65 bits per heavy atom. The second-order valence-corrected chi connectivity index (χ2v) is 7.36. The largest absolute Gasteiger partial charge is 0.423 e. The van der Waals surface area contributed by atoms with Gasteiger partial charge in [-0.25, -0.2) is 9.07 Å². The van der Waals surface area contributed by atoms with E-state index in [1.54, 1.807) is 30.3 Å². The highest BCUT2D eigenvalue weighted by Crippen LogP contribution is 2.41. The molecule has 4 aromatic rings. The van der Waals surface area contributed by atoms with Gasteiger partial charge in [-0.2, -0.15) is 18.3 Å². The van der Waals surface area contributed by atoms with Gasteiger partial charge in [0.25, 0.3) is 0 Å². The van der Waals surface area contributed by atoms with Crippen molar-refractivity contribution in [2.45, 2.75) is 11.8 Å². The third-order valence-electron chi connectivity index (χ3n) is 5.25. The molecule has 0 aliphatic rings. The Hall–Kier alpha value is -3.39. The summed E-state index contributed by atoms with van der Waals surface area (Å²) >= 11 is 0. The van der Waals surface area contributed by atoms with Crippen LogP contribution in [0.25, 0.3) is 16.6 Å². The molecule has 1 N–H and O–H groups in total. The van der Waals surface area contributed by atoms with Crippen molar-refractivity contribution in [1.29, 1.82) is 0 Å². The zero-order chi connectivity index (χ0) is 22.2. The molecule has 1 aromatic heterocycles. The Labute approximate surface area is 176 Å². The first-order valence-electron chi connectivity index (χ1n) is 9.48. The van der Waals surface area contributed by atoms with E-state index in [2.05, 4.69) is 5.10 Å². The monoisotopic (exact) mass is 429 g/mol. The van der Waals surface area contributed by atoms with Crippen molar-refractivity contribution in [2.24, 2.45) is 0 Å². The highest BCUT2D eigenvalue weighted by Gasteiger charge is 2.55. The van der Waals surface area contributed by atoms with Gasteiger partial charge in [0.15, 0.2) is 0 Å². The van der Waals surface area contributed by atoms with Crippen LogP contribution in [0, 0.1) is 5.82 Å². The van der Waals surface area contributed by atoms with Gasteiger partial charge in [-0.15, -0.1) is 0 Å². The van der Waals surface area contributed by atoms with Crippen LogP contribution in [0.15, 0.2) is 79.0 Å². The third-order valence-corrected chi connectivity index (χ3v) is 5.25. The maximum Gasteiger partial charge on any atom is 0.423 e. The Balaban J connectivity index is 1.74. The van der Waals surface area contributed by atoms with E-state index in [1.165, 1.54) is 65.3 Å². The summed E-state index contributed by atoms with van der Waals surface area (Å²) in [6.07, 6.45) is -3.49. The highest BCUT2D eigenvalue weighted by atomic mass is 19.4. The minimum absolute atomic E-state index is 0.283. The first kappa shape index (κ1) is 20.9. The van der Waals surface area contributed by atoms with E-state index in [-0.39, 0.29) is 5.56 Å². The number of hydrogen-bond acceptors (Lipinski definition) is 3. The van der Waals surface area contributed by atoms with Gasteiger partial charge in [0, 0.05) is 18.1 Å². The van der Waals surface area contributed by atoms with Gasteiger partial charge in [-0.1, -0.05) is 24.3 Å². The Morgan fingerprint density at radius 3 is 2.29 bits per heavy atom. The molecule has 3 aromatic carbocycles. The van der Waals surface area contributed by atoms with Crippen molar-refractivity contribution in [1.82, 2.24) is 9.78 Å². The summed E-state index contributed by atoms with van der Waals surface area (Å²) in [5.74, 6) is -0.403. The van der Waals surface area contributed by atoms with Gasteiger partial charge in [0.1, 0.15) is 5.82 Å². The maximum atomic E-state index is 14.0. The topological polar surface area (TPSA) is 41.3 Å². The lowest BCUT2D eigenvalue weighted by Gasteiger charge is -2.35. The molecule has 160 valence electrons. The predicted molar refractivity (Wildman–Crippen MR) is 111 cm³/mol. The number of aliphatic hydroxyl groups is 1. The van der Waals surface area contributed by atoms with Crippen molar-refractivity contribution in [3.8, 4) is 5.69 Å². The van der Waals surface area contributed by atoms with E-state index in [0.717, 1.165) is 0 Å². The average Bonchev–Trinajstić information content (AvgIpc) is 3.17. The lowest BCUT2D eigenvalue weighted by atomic mass is 9.91. The first-order valence-corrected chi connectivity index (χ1v) is 9.48. The lowest BCUT2D eigenvalue weighted by molar-refractivity contribution is -0.262. The fourth-order valence-corrected chi connectivity index (χ4v) is 3.54. The summed E-state index contributed by atoms with van der Waals surface area (Å²) in [4.78, 5) is 1.36. The van der Waals surface area contributed by atoms with Crippen LogP contribution in [0.4, 0.5) is 23.2 Å². The van der Waals surface area contributed by atoms with E-state index < -0.39 is 24.1 Å². The minimum Gasteiger partial charge on any atom is -0.375 e. The lowest BCUT2D eigenvalue weighted by Crippen LogP contribution is -2.50. The van der Waals surface area contributed by atoms with E-state index in [4.69, 9.17) is 0 Å². The normalized spacial score (nSPS) is 13.9. The zero-order valence-electron chi connectivity index (χ0n) is 16.5. The molecule has 0 radical (unpaired) electrons. The SMILES string of the molecule is CN(CC(O)(c1ccc2c(cnn2-c2ccc(F)cc2)c1)C(F)(F)F)c1ccccc1. The van der Waals surface area contributed by atoms with Crippen LogP contribution in [-0.4, -0.2) is 34.7 Å². The van der Waals surface area contributed by atoms with Gasteiger partial charge in [0.2, 0.25) is 5.60 Å². The smallest absolute Gasteiger partial charge is 0.375 e. The molecule has 0 saturated carbocycles. The Morgan fingerprint density at radius 1 is 0.968 bits per heavy atom. The molecular formula is C23H19F4N3O. The third kappa shape index (κ3) is 3.86. The molecule has 8 heteroatoms. The molecule has 31 heavy (non-hydrogen) atoms. The van der Waals surface area contributed by atoms with Gasteiger partial charge >= 0.3 is 6.18 Å². The Kier molecular flexibility index (Phi) is 5.18. The van der Waals surface area contributed by atoms with Crippen LogP contribution < -0.4 is 4.90 Å². The molecular weight excluding hydrogens is 410 g/mol. The highest BCUT2D eigenvalue weighted by molar-refractivity contribution is 5.81. The van der Waals surface area contributed by atoms with Crippen LogP contribution in [0.2, 0.25) is 0 Å². The molecule has 0 fully saturated rings. The molecule has 4 rings (SSSR count). The van der Waals surface area contributed by atoms with E-state index in [1.807, 2.05) is 0 Å². The number of halogens is 4. The fourth-order valence-electron chi connectivity index (χ4n) is 3.54. The van der Waals surface area contributed by atoms with Crippen molar-refractivity contribution < 1.29 is 22.7 Å². The second kappa shape index (κ2) is 7.70. The number of nitrogens with zero attached hydrogens (tertiary/aromatic N) is 3. The molecule has 1 unspecified atom stereocenters. The predicted octanol–water partition coefficient (Wildman–Crippen LogP) is 5.05. The summed E-state index contributed by atoms with van der Waals surface area (Å²) in [7, 11) is 1.50. The molecule has 0 aliphatic heterocycles. The maximum absolute atomic E-state index is 14.0. The number of aromatic nitrogens is 2. The number of hydrogen-bond donors (Lipinski definition) is 1. The second-order valence-electron chi connectivity index (χ2n) is 7.36. The van der Waals surface area contributed by atoms with Gasteiger partial charge in [0.05, 0.1) is 23.9 Å². The average molecular weight is 429 g/mol. The Bertz CT molecular complexity index is 1190. The number of alkyl halides is 3. The summed E-state index contributed by atoms with van der Waals surface area (Å²) in [5, 5.41) is 15.5. The minimum atomic E-state index is -4.91. The summed E-state index contributed by atoms with van der Waals surface area (Å²) < 4.78 is 56.8. The summed E-state index contributed by atoms with van der Waals surface area (Å²) in [5.41, 5.74) is -1.72. The molecule has 0 amide bonds. The number of rotatable bonds is 5. The molecule has 1 heterocycles. The van der Waals surface area contributed by atoms with Gasteiger partial charge < -0.3 is 10.0 Å². The number of anilines is 1. The standard InChI is InChI=1S/C23H19F4N3O/c1-29(19-5-3-2-4-6-19)15-22(31,23(25,26)27)17-7-12-21-16(13-17)14-28-30(21)20-10-8-18(24)9-11-20/h2-14,31H,15H2,1H3. The quantitative estimate of drug-likeness (QED) is 0.452. The number of para-hydroxylation sites is 1. The van der Waals surface area contributed by atoms with Crippen LogP contribution in [0.5, 0.6) is 0 Å². The molecule has 0 aliphatic carbocycles.